The van der Waals surface area contributed by atoms with Crippen molar-refractivity contribution >= 4 is 33.9 Å². The molecule has 0 atom stereocenters. The maximum Gasteiger partial charge on any atom is 0.264 e. The van der Waals surface area contributed by atoms with Crippen LogP contribution >= 0.6 is 0 Å². The third-order valence-electron chi connectivity index (χ3n) is 3.69. The molecule has 0 aliphatic carbocycles. The summed E-state index contributed by atoms with van der Waals surface area (Å²) in [6.45, 7) is 3.90. The minimum atomic E-state index is -0.0715. The van der Waals surface area contributed by atoms with E-state index in [1.54, 1.807) is 4.90 Å². The summed E-state index contributed by atoms with van der Waals surface area (Å²) < 4.78 is 0. The zero-order chi connectivity index (χ0) is 13.7. The molecular formula is C17H12N2O. The Labute approximate surface area is 116 Å². The largest absolute Gasteiger partial charge is 0.341 e. The van der Waals surface area contributed by atoms with Gasteiger partial charge in [0.25, 0.3) is 5.91 Å². The number of nitrogens with zero attached hydrogens (tertiary/aromatic N) is 1. The Kier molecular flexibility index (Phi) is 2.12. The first-order valence-electron chi connectivity index (χ1n) is 6.46. The van der Waals surface area contributed by atoms with Crippen molar-refractivity contribution in [2.45, 2.75) is 0 Å². The van der Waals surface area contributed by atoms with E-state index >= 15 is 0 Å². The Morgan fingerprint density at radius 2 is 1.75 bits per heavy atom. The van der Waals surface area contributed by atoms with Crippen molar-refractivity contribution in [3.8, 4) is 0 Å². The average molecular weight is 260 g/mol. The molecule has 0 bridgehead atoms. The van der Waals surface area contributed by atoms with Crippen LogP contribution in [0.3, 0.4) is 0 Å². The SMILES string of the molecule is C=C1C(=O)N(c2cc3ccccc3[nH]2)c2ccccc21. The van der Waals surface area contributed by atoms with Gasteiger partial charge in [0.2, 0.25) is 0 Å². The Morgan fingerprint density at radius 3 is 2.60 bits per heavy atom. The van der Waals surface area contributed by atoms with Crippen LogP contribution < -0.4 is 4.90 Å². The fraction of sp³-hybridized carbons (Fsp3) is 0. The number of H-pyrrole nitrogens is 1. The number of carbonyl (C=O) groups excluding carboxylic acids is 1. The topological polar surface area (TPSA) is 36.1 Å². The number of hydrogen-bond acceptors (Lipinski definition) is 1. The molecule has 0 saturated carbocycles. The van der Waals surface area contributed by atoms with Gasteiger partial charge in [0.15, 0.2) is 0 Å². The lowest BCUT2D eigenvalue weighted by atomic mass is 10.1. The summed E-state index contributed by atoms with van der Waals surface area (Å²) in [5.74, 6) is 0.708. The number of rotatable bonds is 1. The smallest absolute Gasteiger partial charge is 0.264 e. The minimum absolute atomic E-state index is 0.0715. The first kappa shape index (κ1) is 11.1. The number of aromatic nitrogens is 1. The van der Waals surface area contributed by atoms with Crippen molar-refractivity contribution in [2.75, 3.05) is 4.90 Å². The van der Waals surface area contributed by atoms with Crippen molar-refractivity contribution in [3.05, 3.63) is 66.7 Å². The molecule has 0 unspecified atom stereocenters. The summed E-state index contributed by atoms with van der Waals surface area (Å²) in [6, 6.07) is 17.7. The highest BCUT2D eigenvalue weighted by Crippen LogP contribution is 2.40. The van der Waals surface area contributed by atoms with E-state index < -0.39 is 0 Å². The van der Waals surface area contributed by atoms with E-state index in [0.29, 0.717) is 5.57 Å². The molecule has 0 radical (unpaired) electrons. The molecule has 1 N–H and O–H groups in total. The zero-order valence-electron chi connectivity index (χ0n) is 10.8. The highest BCUT2D eigenvalue weighted by atomic mass is 16.2. The summed E-state index contributed by atoms with van der Waals surface area (Å²) in [5, 5.41) is 1.09. The Bertz CT molecular complexity index is 827. The fourth-order valence-corrected chi connectivity index (χ4v) is 2.70. The lowest BCUT2D eigenvalue weighted by Crippen LogP contribution is -2.20. The third kappa shape index (κ3) is 1.37. The van der Waals surface area contributed by atoms with E-state index in [1.165, 1.54) is 0 Å². The van der Waals surface area contributed by atoms with Crippen LogP contribution in [0.5, 0.6) is 0 Å². The maximum atomic E-state index is 12.4. The van der Waals surface area contributed by atoms with Gasteiger partial charge in [-0.1, -0.05) is 43.0 Å². The quantitative estimate of drug-likeness (QED) is 0.663. The van der Waals surface area contributed by atoms with Crippen LogP contribution in [0, 0.1) is 0 Å². The van der Waals surface area contributed by atoms with Crippen LogP contribution in [-0.2, 0) is 4.79 Å². The molecule has 20 heavy (non-hydrogen) atoms. The van der Waals surface area contributed by atoms with Gasteiger partial charge in [-0.15, -0.1) is 0 Å². The molecular weight excluding hydrogens is 248 g/mol. The summed E-state index contributed by atoms with van der Waals surface area (Å²) >= 11 is 0. The molecule has 1 aliphatic heterocycles. The summed E-state index contributed by atoms with van der Waals surface area (Å²) in [6.07, 6.45) is 0. The Hall–Kier alpha value is -2.81. The van der Waals surface area contributed by atoms with E-state index in [2.05, 4.69) is 11.6 Å². The first-order chi connectivity index (χ1) is 9.75. The molecule has 3 heteroatoms. The van der Waals surface area contributed by atoms with E-state index in [1.807, 2.05) is 54.6 Å². The number of hydrogen-bond donors (Lipinski definition) is 1. The number of anilines is 2. The number of aromatic amines is 1. The molecule has 0 fully saturated rings. The van der Waals surface area contributed by atoms with E-state index in [9.17, 15) is 4.79 Å². The van der Waals surface area contributed by atoms with Gasteiger partial charge in [0.1, 0.15) is 5.82 Å². The van der Waals surface area contributed by atoms with Gasteiger partial charge in [-0.05, 0) is 18.2 Å². The van der Waals surface area contributed by atoms with Gasteiger partial charge in [-0.2, -0.15) is 0 Å². The zero-order valence-corrected chi connectivity index (χ0v) is 10.8. The molecule has 3 aromatic rings. The van der Waals surface area contributed by atoms with Crippen LogP contribution in [-0.4, -0.2) is 10.9 Å². The first-order valence-corrected chi connectivity index (χ1v) is 6.46. The summed E-state index contributed by atoms with van der Waals surface area (Å²) in [7, 11) is 0. The standard InChI is InChI=1S/C17H12N2O/c1-11-13-7-3-5-9-15(13)19(17(11)20)16-10-12-6-2-4-8-14(12)18-16/h2-10,18H,1H2. The summed E-state index contributed by atoms with van der Waals surface area (Å²) in [5.41, 5.74) is 3.34. The number of nitrogens with one attached hydrogen (secondary N) is 1. The molecule has 0 saturated heterocycles. The van der Waals surface area contributed by atoms with Gasteiger partial charge in [-0.25, -0.2) is 0 Å². The molecule has 96 valence electrons. The van der Waals surface area contributed by atoms with Crippen molar-refractivity contribution in [3.63, 3.8) is 0 Å². The number of benzene rings is 2. The van der Waals surface area contributed by atoms with Gasteiger partial charge < -0.3 is 4.98 Å². The molecule has 1 aromatic heterocycles. The molecule has 1 amide bonds. The molecule has 0 spiro atoms. The molecule has 2 aromatic carbocycles. The Morgan fingerprint density at radius 1 is 1.00 bits per heavy atom. The van der Waals surface area contributed by atoms with Crippen molar-refractivity contribution in [1.82, 2.24) is 4.98 Å². The van der Waals surface area contributed by atoms with Crippen LogP contribution in [0.4, 0.5) is 11.5 Å². The molecule has 4 rings (SSSR count). The Balaban J connectivity index is 1.94. The normalized spacial score (nSPS) is 14.1. The van der Waals surface area contributed by atoms with Crippen molar-refractivity contribution in [2.24, 2.45) is 0 Å². The van der Waals surface area contributed by atoms with E-state index in [-0.39, 0.29) is 5.91 Å². The lowest BCUT2D eigenvalue weighted by molar-refractivity contribution is -0.112. The van der Waals surface area contributed by atoms with E-state index in [0.717, 1.165) is 28.0 Å². The van der Waals surface area contributed by atoms with Crippen LogP contribution in [0.25, 0.3) is 16.5 Å². The van der Waals surface area contributed by atoms with Gasteiger partial charge in [0, 0.05) is 22.0 Å². The monoisotopic (exact) mass is 260 g/mol. The van der Waals surface area contributed by atoms with Crippen molar-refractivity contribution in [1.29, 1.82) is 0 Å². The number of para-hydroxylation sites is 2. The number of fused-ring (bicyclic) bond motifs is 2. The highest BCUT2D eigenvalue weighted by Gasteiger charge is 2.32. The van der Waals surface area contributed by atoms with Gasteiger partial charge in [-0.3, -0.25) is 9.69 Å². The second-order valence-electron chi connectivity index (χ2n) is 4.88. The molecule has 3 nitrogen and oxygen atoms in total. The maximum absolute atomic E-state index is 12.4. The van der Waals surface area contributed by atoms with Crippen LogP contribution in [0.2, 0.25) is 0 Å². The van der Waals surface area contributed by atoms with Crippen molar-refractivity contribution < 1.29 is 4.79 Å². The number of carbonyl (C=O) groups is 1. The molecule has 1 aliphatic rings. The van der Waals surface area contributed by atoms with Crippen LogP contribution in [0.15, 0.2) is 61.2 Å². The highest BCUT2D eigenvalue weighted by molar-refractivity contribution is 6.34. The minimum Gasteiger partial charge on any atom is -0.341 e. The average Bonchev–Trinajstić information content (AvgIpc) is 3.00. The fourth-order valence-electron chi connectivity index (χ4n) is 2.70. The second kappa shape index (κ2) is 3.84. The number of amides is 1. The summed E-state index contributed by atoms with van der Waals surface area (Å²) in [4.78, 5) is 17.4. The molecule has 2 heterocycles. The second-order valence-corrected chi connectivity index (χ2v) is 4.88. The third-order valence-corrected chi connectivity index (χ3v) is 3.69. The predicted molar refractivity (Wildman–Crippen MR) is 80.9 cm³/mol. The van der Waals surface area contributed by atoms with Gasteiger partial charge >= 0.3 is 0 Å². The van der Waals surface area contributed by atoms with E-state index in [4.69, 9.17) is 0 Å². The lowest BCUT2D eigenvalue weighted by Gasteiger charge is -2.14. The van der Waals surface area contributed by atoms with Crippen LogP contribution in [0.1, 0.15) is 5.56 Å². The predicted octanol–water partition coefficient (Wildman–Crippen LogP) is 3.86. The van der Waals surface area contributed by atoms with Gasteiger partial charge in [0.05, 0.1) is 5.69 Å².